The molecule has 2 unspecified atom stereocenters. The molecule has 0 aromatic carbocycles. The van der Waals surface area contributed by atoms with Crippen molar-refractivity contribution in [1.29, 1.82) is 0 Å². The first-order chi connectivity index (χ1) is 9.90. The first-order valence-electron chi connectivity index (χ1n) is 7.58. The molecule has 0 aromatic rings. The normalized spacial score (nSPS) is 26.1. The molecule has 1 saturated heterocycles. The second kappa shape index (κ2) is 6.61. The van der Waals surface area contributed by atoms with Crippen molar-refractivity contribution in [3.05, 3.63) is 11.3 Å². The Morgan fingerprint density at radius 1 is 1.33 bits per heavy atom. The van der Waals surface area contributed by atoms with Crippen LogP contribution < -0.4 is 5.09 Å². The third-order valence-electron chi connectivity index (χ3n) is 3.96. The van der Waals surface area contributed by atoms with Crippen molar-refractivity contribution in [2.24, 2.45) is 4.99 Å². The Hall–Kier alpha value is -0.680. The van der Waals surface area contributed by atoms with Gasteiger partial charge in [0.25, 0.3) is 0 Å². The van der Waals surface area contributed by atoms with Gasteiger partial charge in [0.1, 0.15) is 5.84 Å². The molecule has 6 nitrogen and oxygen atoms in total. The fourth-order valence-electron chi connectivity index (χ4n) is 2.89. The van der Waals surface area contributed by atoms with E-state index in [2.05, 4.69) is 28.8 Å². The van der Waals surface area contributed by atoms with Gasteiger partial charge in [0, 0.05) is 24.7 Å². The van der Waals surface area contributed by atoms with Crippen LogP contribution in [0.1, 0.15) is 41.0 Å². The molecule has 0 aliphatic carbocycles. The molecule has 21 heavy (non-hydrogen) atoms. The van der Waals surface area contributed by atoms with Gasteiger partial charge in [-0.1, -0.05) is 0 Å². The Labute approximate surface area is 127 Å². The molecule has 1 N–H and O–H groups in total. The van der Waals surface area contributed by atoms with Crippen LogP contribution in [0.3, 0.4) is 0 Å². The fourth-order valence-corrected chi connectivity index (χ4v) is 4.41. The molecule has 0 spiro atoms. The van der Waals surface area contributed by atoms with Crippen LogP contribution in [-0.2, 0) is 13.6 Å². The van der Waals surface area contributed by atoms with Crippen molar-refractivity contribution in [2.75, 3.05) is 19.8 Å². The molecule has 2 aliphatic heterocycles. The zero-order valence-electron chi connectivity index (χ0n) is 13.5. The van der Waals surface area contributed by atoms with Crippen molar-refractivity contribution >= 4 is 13.6 Å². The van der Waals surface area contributed by atoms with Crippen molar-refractivity contribution in [3.63, 3.8) is 0 Å². The molecule has 7 heteroatoms. The second-order valence-corrected chi connectivity index (χ2v) is 7.23. The summed E-state index contributed by atoms with van der Waals surface area (Å²) in [6, 6.07) is 0.273. The number of nitrogens with one attached hydrogen (secondary N) is 1. The van der Waals surface area contributed by atoms with Crippen LogP contribution in [0.5, 0.6) is 0 Å². The highest BCUT2D eigenvalue weighted by Crippen LogP contribution is 2.45. The Kier molecular flexibility index (Phi) is 5.25. The van der Waals surface area contributed by atoms with Gasteiger partial charge in [-0.3, -0.25) is 14.0 Å². The van der Waals surface area contributed by atoms with Gasteiger partial charge >= 0.3 is 7.75 Å². The lowest BCUT2D eigenvalue weighted by Gasteiger charge is -2.28. The molecule has 2 heterocycles. The number of nitrogens with zero attached hydrogens (tertiary/aromatic N) is 2. The molecule has 0 amide bonds. The van der Waals surface area contributed by atoms with Crippen LogP contribution in [0, 0.1) is 0 Å². The van der Waals surface area contributed by atoms with Crippen molar-refractivity contribution in [3.8, 4) is 0 Å². The van der Waals surface area contributed by atoms with E-state index in [1.54, 1.807) is 0 Å². The molecule has 2 atom stereocenters. The van der Waals surface area contributed by atoms with Crippen molar-refractivity contribution < 1.29 is 13.6 Å². The summed E-state index contributed by atoms with van der Waals surface area (Å²) >= 11 is 0. The predicted octanol–water partition coefficient (Wildman–Crippen LogP) is 2.93. The summed E-state index contributed by atoms with van der Waals surface area (Å²) in [6.45, 7) is 11.4. The lowest BCUT2D eigenvalue weighted by atomic mass is 10.0. The number of aliphatic imine (C=N–C) groups is 1. The summed E-state index contributed by atoms with van der Waals surface area (Å²) < 4.78 is 23.2. The van der Waals surface area contributed by atoms with E-state index in [0.29, 0.717) is 13.2 Å². The molecule has 0 bridgehead atoms. The summed E-state index contributed by atoms with van der Waals surface area (Å²) in [5, 5.41) is 3.09. The van der Waals surface area contributed by atoms with Gasteiger partial charge in [0.15, 0.2) is 0 Å². The lowest BCUT2D eigenvalue weighted by Crippen LogP contribution is -2.35. The van der Waals surface area contributed by atoms with Crippen LogP contribution in [0.15, 0.2) is 16.3 Å². The Balaban J connectivity index is 2.12. The summed E-state index contributed by atoms with van der Waals surface area (Å²) in [6.07, 6.45) is 0.827. The Bertz CT molecular complexity index is 494. The zero-order chi connectivity index (χ0) is 15.6. The van der Waals surface area contributed by atoms with Crippen LogP contribution >= 0.6 is 7.75 Å². The smallest absolute Gasteiger partial charge is 0.332 e. The van der Waals surface area contributed by atoms with Gasteiger partial charge < -0.3 is 4.90 Å². The van der Waals surface area contributed by atoms with E-state index in [0.717, 1.165) is 18.8 Å². The molecule has 0 saturated carbocycles. The molecule has 0 aromatic heterocycles. The van der Waals surface area contributed by atoms with E-state index in [1.807, 2.05) is 20.8 Å². The largest absolute Gasteiger partial charge is 0.405 e. The molecular formula is C14H26N3O3P. The van der Waals surface area contributed by atoms with Gasteiger partial charge in [0.2, 0.25) is 0 Å². The van der Waals surface area contributed by atoms with Crippen molar-refractivity contribution in [2.45, 2.75) is 53.1 Å². The molecule has 120 valence electrons. The third-order valence-corrected chi connectivity index (χ3v) is 5.84. The van der Waals surface area contributed by atoms with Crippen LogP contribution in [-0.4, -0.2) is 42.6 Å². The Morgan fingerprint density at radius 2 is 1.95 bits per heavy atom. The maximum atomic E-state index is 12.6. The summed E-state index contributed by atoms with van der Waals surface area (Å²) in [5.41, 5.74) is 2.57. The minimum atomic E-state index is -3.22. The van der Waals surface area contributed by atoms with Gasteiger partial charge in [-0.05, 0) is 40.2 Å². The molecule has 2 aliphatic rings. The van der Waals surface area contributed by atoms with Crippen LogP contribution in [0.4, 0.5) is 0 Å². The topological polar surface area (TPSA) is 63.2 Å². The molecular weight excluding hydrogens is 289 g/mol. The first-order valence-corrected chi connectivity index (χ1v) is 9.13. The highest BCUT2D eigenvalue weighted by atomic mass is 31.2. The monoisotopic (exact) mass is 315 g/mol. The van der Waals surface area contributed by atoms with E-state index in [-0.39, 0.29) is 12.1 Å². The van der Waals surface area contributed by atoms with Gasteiger partial charge in [-0.2, -0.15) is 0 Å². The number of amidine groups is 1. The third kappa shape index (κ3) is 3.57. The number of hydrogen-bond acceptors (Lipinski definition) is 5. The maximum absolute atomic E-state index is 12.6. The maximum Gasteiger partial charge on any atom is 0.405 e. The number of fused-ring (bicyclic) bond motifs is 1. The fraction of sp³-hybridized carbons (Fsp3) is 0.786. The van der Waals surface area contributed by atoms with Crippen LogP contribution in [0.2, 0.25) is 0 Å². The quantitative estimate of drug-likeness (QED) is 0.764. The van der Waals surface area contributed by atoms with E-state index in [4.69, 9.17) is 9.05 Å². The zero-order valence-corrected chi connectivity index (χ0v) is 14.4. The standard InChI is InChI=1S/C14H26N3O3P/c1-6-19-21(18,20-7-2)16-13-8-14-10(3)11(4)15-12(5)17(14)9-13/h11,13H,6-9H2,1-5H3,(H,16,18). The second-order valence-electron chi connectivity index (χ2n) is 5.46. The van der Waals surface area contributed by atoms with E-state index < -0.39 is 7.75 Å². The molecule has 0 radical (unpaired) electrons. The van der Waals surface area contributed by atoms with Crippen molar-refractivity contribution in [1.82, 2.24) is 9.99 Å². The Morgan fingerprint density at radius 3 is 2.52 bits per heavy atom. The number of hydrogen-bond donors (Lipinski definition) is 1. The minimum absolute atomic E-state index is 0.0503. The van der Waals surface area contributed by atoms with Gasteiger partial charge in [-0.25, -0.2) is 9.65 Å². The minimum Gasteiger partial charge on any atom is -0.332 e. The summed E-state index contributed by atoms with van der Waals surface area (Å²) in [7, 11) is -3.22. The lowest BCUT2D eigenvalue weighted by molar-refractivity contribution is 0.207. The molecule has 1 fully saturated rings. The van der Waals surface area contributed by atoms with E-state index >= 15 is 0 Å². The highest BCUT2D eigenvalue weighted by molar-refractivity contribution is 7.51. The molecule has 2 rings (SSSR count). The predicted molar refractivity (Wildman–Crippen MR) is 84.4 cm³/mol. The van der Waals surface area contributed by atoms with Crippen LogP contribution in [0.25, 0.3) is 0 Å². The summed E-state index contributed by atoms with van der Waals surface area (Å²) in [4.78, 5) is 6.84. The first kappa shape index (κ1) is 16.7. The van der Waals surface area contributed by atoms with Gasteiger partial charge in [0.05, 0.1) is 19.3 Å². The average molecular weight is 315 g/mol. The number of rotatable bonds is 6. The van der Waals surface area contributed by atoms with E-state index in [1.165, 1.54) is 11.3 Å². The highest BCUT2D eigenvalue weighted by Gasteiger charge is 2.37. The van der Waals surface area contributed by atoms with Gasteiger partial charge in [-0.15, -0.1) is 0 Å². The summed E-state index contributed by atoms with van der Waals surface area (Å²) in [5.74, 6) is 1.02. The van der Waals surface area contributed by atoms with E-state index in [9.17, 15) is 4.57 Å². The average Bonchev–Trinajstić information content (AvgIpc) is 2.80. The SMILES string of the molecule is CCOP(=O)(NC1CC2=C(C)C(C)N=C(C)N2C1)OCC.